The molecule has 1 aromatic carbocycles. The van der Waals surface area contributed by atoms with Gasteiger partial charge in [0.2, 0.25) is 5.91 Å². The molecule has 0 aliphatic heterocycles. The Bertz CT molecular complexity index is 521. The van der Waals surface area contributed by atoms with E-state index in [1.807, 2.05) is 45.0 Å². The molecule has 22 heavy (non-hydrogen) atoms. The van der Waals surface area contributed by atoms with Crippen molar-refractivity contribution in [2.45, 2.75) is 45.4 Å². The van der Waals surface area contributed by atoms with Crippen molar-refractivity contribution in [1.82, 2.24) is 5.32 Å². The summed E-state index contributed by atoms with van der Waals surface area (Å²) in [6, 6.07) is 7.86. The van der Waals surface area contributed by atoms with E-state index in [-0.39, 0.29) is 29.8 Å². The van der Waals surface area contributed by atoms with Gasteiger partial charge in [0.25, 0.3) is 0 Å². The van der Waals surface area contributed by atoms with Crippen LogP contribution in [0.15, 0.2) is 28.7 Å². The maximum absolute atomic E-state index is 12.5. The second-order valence-electron chi connectivity index (χ2n) is 6.15. The van der Waals surface area contributed by atoms with Crippen molar-refractivity contribution in [2.75, 3.05) is 6.61 Å². The molecule has 124 valence electrons. The van der Waals surface area contributed by atoms with Crippen LogP contribution in [0.2, 0.25) is 0 Å². The SMILES string of the molecule is CCOC1CC(N)(C(=O)NCc2ccc(Br)cc2)C1(C)C.Cl. The molecule has 2 unspecified atom stereocenters. The average Bonchev–Trinajstić information content (AvgIpc) is 2.45. The van der Waals surface area contributed by atoms with Gasteiger partial charge in [-0.3, -0.25) is 4.79 Å². The summed E-state index contributed by atoms with van der Waals surface area (Å²) >= 11 is 3.39. The van der Waals surface area contributed by atoms with Gasteiger partial charge in [-0.15, -0.1) is 12.4 Å². The van der Waals surface area contributed by atoms with Gasteiger partial charge in [0.15, 0.2) is 0 Å². The third-order valence-electron chi connectivity index (χ3n) is 4.60. The summed E-state index contributed by atoms with van der Waals surface area (Å²) in [4.78, 5) is 12.5. The number of nitrogens with two attached hydrogens (primary N) is 1. The van der Waals surface area contributed by atoms with Crippen LogP contribution in [0.1, 0.15) is 32.8 Å². The molecular weight excluding hydrogens is 368 g/mol. The fourth-order valence-electron chi connectivity index (χ4n) is 2.76. The molecule has 0 aromatic heterocycles. The molecule has 4 nitrogen and oxygen atoms in total. The van der Waals surface area contributed by atoms with Gasteiger partial charge >= 0.3 is 0 Å². The number of ether oxygens (including phenoxy) is 1. The van der Waals surface area contributed by atoms with Crippen LogP contribution in [0.4, 0.5) is 0 Å². The summed E-state index contributed by atoms with van der Waals surface area (Å²) in [6.45, 7) is 7.08. The number of benzene rings is 1. The van der Waals surface area contributed by atoms with Crippen molar-refractivity contribution in [1.29, 1.82) is 0 Å². The number of carbonyl (C=O) groups is 1. The molecule has 0 heterocycles. The molecule has 0 bridgehead atoms. The minimum atomic E-state index is -0.859. The quantitative estimate of drug-likeness (QED) is 0.811. The second-order valence-corrected chi connectivity index (χ2v) is 7.07. The molecule has 1 aliphatic carbocycles. The van der Waals surface area contributed by atoms with Gasteiger partial charge in [-0.25, -0.2) is 0 Å². The zero-order valence-electron chi connectivity index (χ0n) is 13.2. The lowest BCUT2D eigenvalue weighted by Crippen LogP contribution is -2.75. The van der Waals surface area contributed by atoms with E-state index in [1.54, 1.807) is 0 Å². The van der Waals surface area contributed by atoms with Crippen molar-refractivity contribution < 1.29 is 9.53 Å². The first kappa shape index (κ1) is 19.4. The smallest absolute Gasteiger partial charge is 0.241 e. The monoisotopic (exact) mass is 390 g/mol. The van der Waals surface area contributed by atoms with Crippen LogP contribution in [0.25, 0.3) is 0 Å². The number of hydrogen-bond acceptors (Lipinski definition) is 3. The van der Waals surface area contributed by atoms with Crippen molar-refractivity contribution in [3.63, 3.8) is 0 Å². The standard InChI is InChI=1S/C16H23BrN2O2.ClH/c1-4-21-13-9-16(18,15(13,2)3)14(20)19-10-11-5-7-12(17)8-6-11;/h5-8,13H,4,9-10,18H2,1-3H3,(H,19,20);1H. The Labute approximate surface area is 146 Å². The van der Waals surface area contributed by atoms with Crippen molar-refractivity contribution >= 4 is 34.2 Å². The van der Waals surface area contributed by atoms with Crippen LogP contribution in [0.3, 0.4) is 0 Å². The molecule has 1 saturated carbocycles. The molecule has 0 spiro atoms. The van der Waals surface area contributed by atoms with Crippen LogP contribution in [0, 0.1) is 5.41 Å². The molecule has 1 aromatic rings. The Kier molecular flexibility index (Phi) is 6.45. The Morgan fingerprint density at radius 1 is 1.41 bits per heavy atom. The molecule has 2 atom stereocenters. The van der Waals surface area contributed by atoms with E-state index >= 15 is 0 Å². The van der Waals surface area contributed by atoms with Crippen molar-refractivity contribution in [3.8, 4) is 0 Å². The fourth-order valence-corrected chi connectivity index (χ4v) is 3.03. The molecule has 1 fully saturated rings. The van der Waals surface area contributed by atoms with Crippen molar-refractivity contribution in [2.24, 2.45) is 11.1 Å². The van der Waals surface area contributed by atoms with E-state index in [9.17, 15) is 4.79 Å². The van der Waals surface area contributed by atoms with E-state index in [1.165, 1.54) is 0 Å². The van der Waals surface area contributed by atoms with Gasteiger partial charge in [-0.2, -0.15) is 0 Å². The number of hydrogen-bond donors (Lipinski definition) is 2. The Morgan fingerprint density at radius 2 is 2.00 bits per heavy atom. The third-order valence-corrected chi connectivity index (χ3v) is 5.13. The highest BCUT2D eigenvalue weighted by atomic mass is 79.9. The number of carbonyl (C=O) groups excluding carboxylic acids is 1. The number of nitrogens with one attached hydrogen (secondary N) is 1. The van der Waals surface area contributed by atoms with E-state index in [0.29, 0.717) is 19.6 Å². The zero-order chi connectivity index (χ0) is 15.7. The first-order valence-electron chi connectivity index (χ1n) is 7.24. The first-order valence-corrected chi connectivity index (χ1v) is 8.04. The number of rotatable bonds is 5. The van der Waals surface area contributed by atoms with Gasteiger partial charge in [-0.1, -0.05) is 41.9 Å². The van der Waals surface area contributed by atoms with Crippen LogP contribution in [-0.4, -0.2) is 24.2 Å². The molecule has 0 saturated heterocycles. The van der Waals surface area contributed by atoms with E-state index in [4.69, 9.17) is 10.5 Å². The number of amides is 1. The minimum Gasteiger partial charge on any atom is -0.378 e. The molecule has 0 radical (unpaired) electrons. The van der Waals surface area contributed by atoms with E-state index in [2.05, 4.69) is 21.2 Å². The maximum Gasteiger partial charge on any atom is 0.241 e. The fraction of sp³-hybridized carbons (Fsp3) is 0.562. The highest BCUT2D eigenvalue weighted by Crippen LogP contribution is 2.49. The van der Waals surface area contributed by atoms with Crippen LogP contribution in [0.5, 0.6) is 0 Å². The lowest BCUT2D eigenvalue weighted by atomic mass is 9.54. The molecular formula is C16H24BrClN2O2. The average molecular weight is 392 g/mol. The molecule has 6 heteroatoms. The van der Waals surface area contributed by atoms with Crippen LogP contribution in [-0.2, 0) is 16.1 Å². The molecule has 2 rings (SSSR count). The normalized spacial score (nSPS) is 25.8. The Balaban J connectivity index is 0.00000242. The van der Waals surface area contributed by atoms with E-state index in [0.717, 1.165) is 10.0 Å². The van der Waals surface area contributed by atoms with Gasteiger partial charge < -0.3 is 15.8 Å². The minimum absolute atomic E-state index is 0. The van der Waals surface area contributed by atoms with Crippen molar-refractivity contribution in [3.05, 3.63) is 34.3 Å². The van der Waals surface area contributed by atoms with Gasteiger partial charge in [0, 0.05) is 29.5 Å². The first-order chi connectivity index (χ1) is 9.81. The van der Waals surface area contributed by atoms with Gasteiger partial charge in [0.05, 0.1) is 6.10 Å². The molecule has 1 amide bonds. The summed E-state index contributed by atoms with van der Waals surface area (Å²) in [5, 5.41) is 2.94. The summed E-state index contributed by atoms with van der Waals surface area (Å²) in [5.41, 5.74) is 6.17. The van der Waals surface area contributed by atoms with E-state index < -0.39 is 5.54 Å². The predicted octanol–water partition coefficient (Wildman–Crippen LogP) is 3.02. The summed E-state index contributed by atoms with van der Waals surface area (Å²) < 4.78 is 6.67. The maximum atomic E-state index is 12.5. The zero-order valence-corrected chi connectivity index (χ0v) is 15.6. The van der Waals surface area contributed by atoms with Gasteiger partial charge in [-0.05, 0) is 24.6 Å². The number of halogens is 2. The predicted molar refractivity (Wildman–Crippen MR) is 94.0 cm³/mol. The lowest BCUT2D eigenvalue weighted by molar-refractivity contribution is -0.170. The Morgan fingerprint density at radius 3 is 2.50 bits per heavy atom. The van der Waals surface area contributed by atoms with Crippen LogP contribution < -0.4 is 11.1 Å². The third kappa shape index (κ3) is 3.48. The summed E-state index contributed by atoms with van der Waals surface area (Å²) in [5.74, 6) is -0.105. The highest BCUT2D eigenvalue weighted by molar-refractivity contribution is 9.10. The van der Waals surface area contributed by atoms with Gasteiger partial charge in [0.1, 0.15) is 5.54 Å². The summed E-state index contributed by atoms with van der Waals surface area (Å²) in [6.07, 6.45) is 0.617. The largest absolute Gasteiger partial charge is 0.378 e. The lowest BCUT2D eigenvalue weighted by Gasteiger charge is -2.57. The van der Waals surface area contributed by atoms with Crippen LogP contribution >= 0.6 is 28.3 Å². The highest BCUT2D eigenvalue weighted by Gasteiger charge is 2.62. The topological polar surface area (TPSA) is 64.3 Å². The molecule has 1 aliphatic rings. The molecule has 3 N–H and O–H groups in total. The second kappa shape index (κ2) is 7.30. The summed E-state index contributed by atoms with van der Waals surface area (Å²) in [7, 11) is 0. The Hall–Kier alpha value is -0.620.